The maximum atomic E-state index is 12.0. The van der Waals surface area contributed by atoms with Crippen molar-refractivity contribution in [1.82, 2.24) is 0 Å². The minimum absolute atomic E-state index is 0.115. The monoisotopic (exact) mass is 315 g/mol. The van der Waals surface area contributed by atoms with Crippen LogP contribution in [0.2, 0.25) is 5.02 Å². The molecule has 0 bridgehead atoms. The first-order valence-electron chi connectivity index (χ1n) is 5.84. The van der Waals surface area contributed by atoms with Crippen LogP contribution in [0.4, 0.5) is 5.69 Å². The van der Waals surface area contributed by atoms with Crippen molar-refractivity contribution in [1.29, 1.82) is 0 Å². The summed E-state index contributed by atoms with van der Waals surface area (Å²) >= 11 is 5.93. The van der Waals surface area contributed by atoms with E-state index < -0.39 is 10.0 Å². The van der Waals surface area contributed by atoms with E-state index in [-0.39, 0.29) is 33.5 Å². The van der Waals surface area contributed by atoms with Crippen LogP contribution in [-0.4, -0.2) is 20.4 Å². The molecule has 1 aliphatic rings. The Morgan fingerprint density at radius 2 is 2.05 bits per heavy atom. The second-order valence-corrected chi connectivity index (χ2v) is 6.54. The summed E-state index contributed by atoms with van der Waals surface area (Å²) in [4.78, 5) is 11.9. The van der Waals surface area contributed by atoms with E-state index >= 15 is 0 Å². The summed E-state index contributed by atoms with van der Waals surface area (Å²) in [5, 5.41) is 7.86. The highest BCUT2D eigenvalue weighted by molar-refractivity contribution is 7.89. The average molecular weight is 316 g/mol. The second-order valence-electron chi connectivity index (χ2n) is 4.57. The Hall–Kier alpha value is -1.41. The highest BCUT2D eigenvalue weighted by Gasteiger charge is 2.23. The van der Waals surface area contributed by atoms with E-state index in [0.717, 1.165) is 0 Å². The molecule has 1 amide bonds. The van der Waals surface area contributed by atoms with Crippen LogP contribution < -0.4 is 16.2 Å². The lowest BCUT2D eigenvalue weighted by Gasteiger charge is -2.12. The van der Waals surface area contributed by atoms with E-state index in [1.807, 2.05) is 0 Å². The topological polar surface area (TPSA) is 115 Å². The summed E-state index contributed by atoms with van der Waals surface area (Å²) in [7, 11) is -3.85. The van der Waals surface area contributed by atoms with Crippen LogP contribution in [0.5, 0.6) is 0 Å². The number of nitrogens with two attached hydrogens (primary N) is 2. The van der Waals surface area contributed by atoms with Gasteiger partial charge in [-0.2, -0.15) is 0 Å². The highest BCUT2D eigenvalue weighted by Crippen LogP contribution is 2.26. The molecule has 0 aliphatic heterocycles. The lowest BCUT2D eigenvalue weighted by Crippen LogP contribution is -2.24. The summed E-state index contributed by atoms with van der Waals surface area (Å²) in [6.07, 6.45) is 3.99. The molecule has 0 saturated carbocycles. The molecule has 0 radical (unpaired) electrons. The largest absolute Gasteiger partial charge is 0.324 e. The Morgan fingerprint density at radius 3 is 2.60 bits per heavy atom. The zero-order chi connectivity index (χ0) is 14.9. The number of carbonyl (C=O) groups is 1. The number of sulfonamides is 1. The molecule has 2 atom stereocenters. The number of halogens is 1. The van der Waals surface area contributed by atoms with Gasteiger partial charge in [-0.25, -0.2) is 13.6 Å². The third kappa shape index (κ3) is 3.37. The molecule has 20 heavy (non-hydrogen) atoms. The molecule has 108 valence electrons. The molecule has 1 aromatic carbocycles. The van der Waals surface area contributed by atoms with Crippen LogP contribution in [0.1, 0.15) is 6.42 Å². The molecule has 0 heterocycles. The Bertz CT molecular complexity index is 673. The molecule has 2 rings (SSSR count). The lowest BCUT2D eigenvalue weighted by atomic mass is 10.1. The van der Waals surface area contributed by atoms with Crippen molar-refractivity contribution in [2.75, 3.05) is 5.32 Å². The van der Waals surface area contributed by atoms with Gasteiger partial charge in [0.25, 0.3) is 0 Å². The molecular weight excluding hydrogens is 302 g/mol. The SMILES string of the molecule is NC1C=CC(C(=O)Nc2cc(S(N)(=O)=O)ccc2Cl)C1. The van der Waals surface area contributed by atoms with Gasteiger partial charge in [-0.15, -0.1) is 0 Å². The molecule has 8 heteroatoms. The van der Waals surface area contributed by atoms with E-state index in [2.05, 4.69) is 5.32 Å². The van der Waals surface area contributed by atoms with Crippen molar-refractivity contribution in [2.24, 2.45) is 16.8 Å². The minimum atomic E-state index is -3.85. The zero-order valence-corrected chi connectivity index (χ0v) is 12.0. The molecule has 5 N–H and O–H groups in total. The minimum Gasteiger partial charge on any atom is -0.324 e. The molecule has 0 saturated heterocycles. The average Bonchev–Trinajstić information content (AvgIpc) is 2.77. The van der Waals surface area contributed by atoms with Crippen molar-refractivity contribution in [3.8, 4) is 0 Å². The number of amides is 1. The first-order chi connectivity index (χ1) is 9.27. The van der Waals surface area contributed by atoms with Gasteiger partial charge < -0.3 is 11.1 Å². The summed E-state index contributed by atoms with van der Waals surface area (Å²) in [6.45, 7) is 0. The van der Waals surface area contributed by atoms with Gasteiger partial charge in [0.1, 0.15) is 0 Å². The van der Waals surface area contributed by atoms with E-state index in [1.54, 1.807) is 12.2 Å². The number of carbonyl (C=O) groups excluding carboxylic acids is 1. The number of benzene rings is 1. The van der Waals surface area contributed by atoms with Crippen molar-refractivity contribution in [3.63, 3.8) is 0 Å². The van der Waals surface area contributed by atoms with Gasteiger partial charge in [-0.1, -0.05) is 23.8 Å². The van der Waals surface area contributed by atoms with Crippen LogP contribution in [0.25, 0.3) is 0 Å². The molecule has 1 aromatic rings. The van der Waals surface area contributed by atoms with Crippen molar-refractivity contribution in [2.45, 2.75) is 17.4 Å². The van der Waals surface area contributed by atoms with Gasteiger partial charge >= 0.3 is 0 Å². The number of nitrogens with one attached hydrogen (secondary N) is 1. The van der Waals surface area contributed by atoms with E-state index in [9.17, 15) is 13.2 Å². The highest BCUT2D eigenvalue weighted by atomic mass is 35.5. The predicted octanol–water partition coefficient (Wildman–Crippen LogP) is 0.829. The molecular formula is C12H14ClN3O3S. The van der Waals surface area contributed by atoms with Gasteiger partial charge in [0.15, 0.2) is 0 Å². The number of rotatable bonds is 3. The van der Waals surface area contributed by atoms with Crippen LogP contribution in [0, 0.1) is 5.92 Å². The third-order valence-electron chi connectivity index (χ3n) is 2.98. The number of primary sulfonamides is 1. The summed E-state index contributed by atoms with van der Waals surface area (Å²) in [5.74, 6) is -0.637. The van der Waals surface area contributed by atoms with Gasteiger partial charge in [0.2, 0.25) is 15.9 Å². The maximum Gasteiger partial charge on any atom is 0.238 e. The molecule has 6 nitrogen and oxygen atoms in total. The fraction of sp³-hybridized carbons (Fsp3) is 0.250. The fourth-order valence-corrected chi connectivity index (χ4v) is 2.63. The van der Waals surface area contributed by atoms with Gasteiger partial charge in [-0.05, 0) is 24.6 Å². The molecule has 2 unspecified atom stereocenters. The number of anilines is 1. The van der Waals surface area contributed by atoms with Crippen molar-refractivity contribution in [3.05, 3.63) is 35.4 Å². The second kappa shape index (κ2) is 5.53. The smallest absolute Gasteiger partial charge is 0.238 e. The lowest BCUT2D eigenvalue weighted by molar-refractivity contribution is -0.118. The Morgan fingerprint density at radius 1 is 1.35 bits per heavy atom. The molecule has 0 fully saturated rings. The summed E-state index contributed by atoms with van der Waals surface area (Å²) < 4.78 is 22.6. The predicted molar refractivity (Wildman–Crippen MR) is 76.7 cm³/mol. The molecule has 1 aliphatic carbocycles. The molecule has 0 aromatic heterocycles. The third-order valence-corrected chi connectivity index (χ3v) is 4.22. The van der Waals surface area contributed by atoms with Gasteiger partial charge in [0.05, 0.1) is 21.5 Å². The Kier molecular flexibility index (Phi) is 4.14. The van der Waals surface area contributed by atoms with Gasteiger partial charge in [0, 0.05) is 6.04 Å². The fourth-order valence-electron chi connectivity index (χ4n) is 1.92. The van der Waals surface area contributed by atoms with Crippen LogP contribution in [0.3, 0.4) is 0 Å². The number of hydrogen-bond donors (Lipinski definition) is 3. The molecule has 0 spiro atoms. The maximum absolute atomic E-state index is 12.0. The van der Waals surface area contributed by atoms with Crippen LogP contribution in [-0.2, 0) is 14.8 Å². The van der Waals surface area contributed by atoms with Crippen LogP contribution in [0.15, 0.2) is 35.2 Å². The van der Waals surface area contributed by atoms with E-state index in [1.165, 1.54) is 18.2 Å². The first-order valence-corrected chi connectivity index (χ1v) is 7.77. The number of hydrogen-bond acceptors (Lipinski definition) is 4. The summed E-state index contributed by atoms with van der Waals surface area (Å²) in [6, 6.07) is 3.73. The van der Waals surface area contributed by atoms with Crippen LogP contribution >= 0.6 is 11.6 Å². The Labute approximate surface area is 121 Å². The van der Waals surface area contributed by atoms with E-state index in [0.29, 0.717) is 6.42 Å². The first kappa shape index (κ1) is 15.0. The van der Waals surface area contributed by atoms with Gasteiger partial charge in [-0.3, -0.25) is 4.79 Å². The van der Waals surface area contributed by atoms with Crippen molar-refractivity contribution >= 4 is 33.2 Å². The van der Waals surface area contributed by atoms with E-state index in [4.69, 9.17) is 22.5 Å². The normalized spacial score (nSPS) is 21.9. The zero-order valence-electron chi connectivity index (χ0n) is 10.4. The quantitative estimate of drug-likeness (QED) is 0.716. The van der Waals surface area contributed by atoms with Crippen molar-refractivity contribution < 1.29 is 13.2 Å². The summed E-state index contributed by atoms with van der Waals surface area (Å²) in [5.41, 5.74) is 5.88. The standard InChI is InChI=1S/C12H14ClN3O3S/c13-10-4-3-9(20(15,18)19)6-11(10)16-12(17)7-1-2-8(14)5-7/h1-4,6-8H,5,14H2,(H,16,17)(H2,15,18,19). The Balaban J connectivity index is 2.21.